The third-order valence-corrected chi connectivity index (χ3v) is 5.54. The van der Waals surface area contributed by atoms with Gasteiger partial charge in [-0.2, -0.15) is 0 Å². The maximum absolute atomic E-state index is 6.26. The summed E-state index contributed by atoms with van der Waals surface area (Å²) in [5, 5.41) is 2.11. The molecule has 1 fully saturated rings. The summed E-state index contributed by atoms with van der Waals surface area (Å²) in [5.41, 5.74) is 7.38. The molecule has 16 heavy (non-hydrogen) atoms. The Hall–Kier alpha value is -0.0600. The van der Waals surface area contributed by atoms with Gasteiger partial charge >= 0.3 is 0 Å². The molecule has 2 rings (SSSR count). The lowest BCUT2D eigenvalue weighted by molar-refractivity contribution is 0.319. The maximum atomic E-state index is 6.26. The highest BCUT2D eigenvalue weighted by Crippen LogP contribution is 2.29. The molecule has 1 aliphatic carbocycles. The predicted octanol–water partition coefficient (Wildman–Crippen LogP) is 3.45. The summed E-state index contributed by atoms with van der Waals surface area (Å²) in [6.45, 7) is 2.04. The first kappa shape index (κ1) is 12.4. The molecule has 2 nitrogen and oxygen atoms in total. The van der Waals surface area contributed by atoms with Gasteiger partial charge in [-0.3, -0.25) is 0 Å². The second-order valence-electron chi connectivity index (χ2n) is 4.63. The van der Waals surface area contributed by atoms with Crippen LogP contribution in [0.5, 0.6) is 0 Å². The first-order chi connectivity index (χ1) is 7.75. The van der Waals surface area contributed by atoms with Crippen LogP contribution in [0.15, 0.2) is 9.72 Å². The number of nitrogens with zero attached hydrogens (tertiary/aromatic N) is 1. The molecule has 1 aromatic rings. The normalized spacial score (nSPS) is 19.9. The summed E-state index contributed by atoms with van der Waals surface area (Å²) in [7, 11) is 0. The molecule has 0 bridgehead atoms. The van der Waals surface area contributed by atoms with Crippen LogP contribution < -0.4 is 5.73 Å². The fourth-order valence-corrected chi connectivity index (χ4v) is 4.22. The van der Waals surface area contributed by atoms with Crippen molar-refractivity contribution in [3.63, 3.8) is 0 Å². The Balaban J connectivity index is 1.76. The molecule has 1 aliphatic rings. The van der Waals surface area contributed by atoms with E-state index < -0.39 is 0 Å². The van der Waals surface area contributed by atoms with Crippen LogP contribution in [0.4, 0.5) is 0 Å². The third-order valence-electron chi connectivity index (χ3n) is 3.25. The van der Waals surface area contributed by atoms with E-state index >= 15 is 0 Å². The molecule has 1 aromatic heterocycles. The van der Waals surface area contributed by atoms with Crippen molar-refractivity contribution in [3.8, 4) is 0 Å². The average Bonchev–Trinajstić information content (AvgIpc) is 2.73. The standard InChI is InChI=1S/C12H20N2S2/c1-9-7-15-12(14-9)16-8-11(13)10-5-3-2-4-6-10/h7,10-11H,2-6,8,13H2,1H3. The Morgan fingerprint density at radius 1 is 1.50 bits per heavy atom. The number of aryl methyl sites for hydroxylation is 1. The fourth-order valence-electron chi connectivity index (χ4n) is 2.26. The van der Waals surface area contributed by atoms with E-state index in [0.717, 1.165) is 17.4 Å². The molecule has 90 valence electrons. The van der Waals surface area contributed by atoms with E-state index in [1.807, 2.05) is 18.7 Å². The minimum atomic E-state index is 0.356. The zero-order valence-electron chi connectivity index (χ0n) is 9.82. The van der Waals surface area contributed by atoms with Crippen molar-refractivity contribution in [2.24, 2.45) is 11.7 Å². The Bertz CT molecular complexity index is 319. The highest BCUT2D eigenvalue weighted by atomic mass is 32.2. The second-order valence-corrected chi connectivity index (χ2v) is 6.75. The van der Waals surface area contributed by atoms with E-state index in [0.29, 0.717) is 6.04 Å². The van der Waals surface area contributed by atoms with Crippen LogP contribution in [0.1, 0.15) is 37.8 Å². The monoisotopic (exact) mass is 256 g/mol. The lowest BCUT2D eigenvalue weighted by Crippen LogP contribution is -2.33. The van der Waals surface area contributed by atoms with Crippen LogP contribution in [0, 0.1) is 12.8 Å². The molecule has 2 N–H and O–H groups in total. The van der Waals surface area contributed by atoms with Crippen molar-refractivity contribution in [1.29, 1.82) is 0 Å². The third kappa shape index (κ3) is 3.47. The van der Waals surface area contributed by atoms with Crippen LogP contribution in [0.3, 0.4) is 0 Å². The average molecular weight is 256 g/mol. The summed E-state index contributed by atoms with van der Waals surface area (Å²) in [6.07, 6.45) is 6.82. The maximum Gasteiger partial charge on any atom is 0.150 e. The first-order valence-electron chi connectivity index (χ1n) is 6.06. The number of rotatable bonds is 4. The van der Waals surface area contributed by atoms with E-state index in [9.17, 15) is 0 Å². The van der Waals surface area contributed by atoms with Gasteiger partial charge in [0.2, 0.25) is 0 Å². The van der Waals surface area contributed by atoms with Gasteiger partial charge in [-0.05, 0) is 25.7 Å². The molecule has 1 atom stereocenters. The molecule has 1 unspecified atom stereocenters. The Morgan fingerprint density at radius 3 is 2.88 bits per heavy atom. The van der Waals surface area contributed by atoms with Crippen molar-refractivity contribution in [3.05, 3.63) is 11.1 Å². The Morgan fingerprint density at radius 2 is 2.25 bits per heavy atom. The molecule has 4 heteroatoms. The highest BCUT2D eigenvalue weighted by Gasteiger charge is 2.20. The molecule has 0 radical (unpaired) electrons. The van der Waals surface area contributed by atoms with Gasteiger partial charge in [-0.1, -0.05) is 31.0 Å². The molecule has 0 spiro atoms. The van der Waals surface area contributed by atoms with Crippen molar-refractivity contribution in [2.75, 3.05) is 5.75 Å². The molecule has 1 saturated carbocycles. The summed E-state index contributed by atoms with van der Waals surface area (Å²) in [5.74, 6) is 1.78. The molecular formula is C12H20N2S2. The Labute approximate surface area is 106 Å². The zero-order chi connectivity index (χ0) is 11.4. The predicted molar refractivity (Wildman–Crippen MR) is 72.1 cm³/mol. The first-order valence-corrected chi connectivity index (χ1v) is 7.93. The van der Waals surface area contributed by atoms with Gasteiger partial charge in [0.25, 0.3) is 0 Å². The molecule has 1 heterocycles. The van der Waals surface area contributed by atoms with Crippen molar-refractivity contribution >= 4 is 23.1 Å². The molecule has 0 saturated heterocycles. The van der Waals surface area contributed by atoms with Gasteiger partial charge in [0.15, 0.2) is 0 Å². The van der Waals surface area contributed by atoms with Crippen molar-refractivity contribution in [1.82, 2.24) is 4.98 Å². The number of thioether (sulfide) groups is 1. The van der Waals surface area contributed by atoms with E-state index in [1.165, 1.54) is 36.4 Å². The summed E-state index contributed by atoms with van der Waals surface area (Å²) in [6, 6.07) is 0.356. The van der Waals surface area contributed by atoms with E-state index in [1.54, 1.807) is 11.3 Å². The van der Waals surface area contributed by atoms with Crippen LogP contribution in [0.25, 0.3) is 0 Å². The topological polar surface area (TPSA) is 38.9 Å². The number of hydrogen-bond donors (Lipinski definition) is 1. The van der Waals surface area contributed by atoms with Gasteiger partial charge in [-0.15, -0.1) is 11.3 Å². The van der Waals surface area contributed by atoms with E-state index in [4.69, 9.17) is 5.73 Å². The minimum absolute atomic E-state index is 0.356. The van der Waals surface area contributed by atoms with Crippen LogP contribution in [-0.4, -0.2) is 16.8 Å². The van der Waals surface area contributed by atoms with Crippen LogP contribution in [-0.2, 0) is 0 Å². The molecule has 0 amide bonds. The summed E-state index contributed by atoms with van der Waals surface area (Å²) >= 11 is 3.56. The summed E-state index contributed by atoms with van der Waals surface area (Å²) in [4.78, 5) is 4.45. The van der Waals surface area contributed by atoms with Gasteiger partial charge in [0.1, 0.15) is 4.34 Å². The second kappa shape index (κ2) is 6.03. The number of thiazole rings is 1. The van der Waals surface area contributed by atoms with Gasteiger partial charge < -0.3 is 5.73 Å². The number of hydrogen-bond acceptors (Lipinski definition) is 4. The summed E-state index contributed by atoms with van der Waals surface area (Å²) < 4.78 is 1.17. The van der Waals surface area contributed by atoms with Gasteiger partial charge in [-0.25, -0.2) is 4.98 Å². The smallest absolute Gasteiger partial charge is 0.150 e. The lowest BCUT2D eigenvalue weighted by Gasteiger charge is -2.26. The van der Waals surface area contributed by atoms with E-state index in [-0.39, 0.29) is 0 Å². The van der Waals surface area contributed by atoms with Gasteiger partial charge in [0.05, 0.1) is 0 Å². The molecule has 0 aromatic carbocycles. The quantitative estimate of drug-likeness (QED) is 0.839. The fraction of sp³-hybridized carbons (Fsp3) is 0.750. The van der Waals surface area contributed by atoms with Crippen molar-refractivity contribution < 1.29 is 0 Å². The molecular weight excluding hydrogens is 236 g/mol. The minimum Gasteiger partial charge on any atom is -0.327 e. The number of nitrogens with two attached hydrogens (primary N) is 1. The lowest BCUT2D eigenvalue weighted by atomic mass is 9.85. The van der Waals surface area contributed by atoms with Crippen LogP contribution >= 0.6 is 23.1 Å². The highest BCUT2D eigenvalue weighted by molar-refractivity contribution is 8.01. The largest absolute Gasteiger partial charge is 0.327 e. The number of aromatic nitrogens is 1. The molecule has 0 aliphatic heterocycles. The van der Waals surface area contributed by atoms with E-state index in [2.05, 4.69) is 10.4 Å². The zero-order valence-corrected chi connectivity index (χ0v) is 11.4. The van der Waals surface area contributed by atoms with Crippen molar-refractivity contribution in [2.45, 2.75) is 49.4 Å². The van der Waals surface area contributed by atoms with Gasteiger partial charge in [0, 0.05) is 22.9 Å². The SMILES string of the molecule is Cc1csc(SCC(N)C2CCCCC2)n1. The Kier molecular flexibility index (Phi) is 4.67. The van der Waals surface area contributed by atoms with Crippen LogP contribution in [0.2, 0.25) is 0 Å².